The Balaban J connectivity index is 1.62. The van der Waals surface area contributed by atoms with E-state index in [1.165, 1.54) is 0 Å². The third-order valence-corrected chi connectivity index (χ3v) is 5.75. The minimum Gasteiger partial charge on any atom is -0.396 e. The van der Waals surface area contributed by atoms with E-state index >= 15 is 0 Å². The van der Waals surface area contributed by atoms with Crippen LogP contribution >= 0.6 is 0 Å². The molecule has 3 heterocycles. The van der Waals surface area contributed by atoms with Gasteiger partial charge in [-0.3, -0.25) is 0 Å². The number of piperidine rings is 2. The topological polar surface area (TPSA) is 70.3 Å². The number of hydrogen-bond donors (Lipinski definition) is 1. The van der Waals surface area contributed by atoms with Crippen LogP contribution in [0.3, 0.4) is 0 Å². The van der Waals surface area contributed by atoms with E-state index in [0.29, 0.717) is 6.04 Å². The van der Waals surface area contributed by atoms with Gasteiger partial charge in [-0.05, 0) is 55.4 Å². The number of anilines is 1. The fourth-order valence-corrected chi connectivity index (χ4v) is 4.31. The molecule has 2 aliphatic heterocycles. The third-order valence-electron chi connectivity index (χ3n) is 5.75. The van der Waals surface area contributed by atoms with Crippen LogP contribution in [0.1, 0.15) is 19.3 Å². The Morgan fingerprint density at radius 3 is 2.83 bits per heavy atom. The van der Waals surface area contributed by atoms with Crippen LogP contribution in [0.2, 0.25) is 0 Å². The maximum atomic E-state index is 10.1. The number of aliphatic hydroxyl groups is 1. The highest BCUT2D eigenvalue weighted by molar-refractivity contribution is 5.41. The van der Waals surface area contributed by atoms with Gasteiger partial charge in [0.05, 0.1) is 12.3 Å². The zero-order valence-corrected chi connectivity index (χ0v) is 14.0. The zero-order valence-electron chi connectivity index (χ0n) is 14.0. The standard InChI is InChI=1S/C17H24N6O/c1-21-10-5-8-17(13-24)9-11-22(12-15(17)21)16-18-19-20-23(16)14-6-3-2-4-7-14/h2-4,6-7,15,24H,5,8-13H2,1H3/t15-,17-/m1/s1. The van der Waals surface area contributed by atoms with Crippen molar-refractivity contribution < 1.29 is 5.11 Å². The quantitative estimate of drug-likeness (QED) is 0.904. The Morgan fingerprint density at radius 2 is 2.04 bits per heavy atom. The number of nitrogens with zero attached hydrogens (tertiary/aromatic N) is 6. The highest BCUT2D eigenvalue weighted by Crippen LogP contribution is 2.42. The van der Waals surface area contributed by atoms with Crippen molar-refractivity contribution in [2.24, 2.45) is 5.41 Å². The van der Waals surface area contributed by atoms with E-state index in [0.717, 1.165) is 50.5 Å². The van der Waals surface area contributed by atoms with Gasteiger partial charge in [0.2, 0.25) is 5.95 Å². The molecule has 0 unspecified atom stereocenters. The van der Waals surface area contributed by atoms with Crippen LogP contribution < -0.4 is 4.90 Å². The maximum absolute atomic E-state index is 10.1. The Labute approximate surface area is 141 Å². The molecule has 0 aliphatic carbocycles. The molecule has 2 fully saturated rings. The van der Waals surface area contributed by atoms with Gasteiger partial charge < -0.3 is 14.9 Å². The van der Waals surface area contributed by atoms with Gasteiger partial charge in [-0.15, -0.1) is 0 Å². The second-order valence-corrected chi connectivity index (χ2v) is 7.04. The predicted octanol–water partition coefficient (Wildman–Crippen LogP) is 0.945. The summed E-state index contributed by atoms with van der Waals surface area (Å²) in [5.41, 5.74) is 0.989. The summed E-state index contributed by atoms with van der Waals surface area (Å²) in [4.78, 5) is 4.65. The van der Waals surface area contributed by atoms with Crippen molar-refractivity contribution in [3.8, 4) is 5.69 Å². The van der Waals surface area contributed by atoms with E-state index in [1.807, 2.05) is 30.3 Å². The number of aliphatic hydroxyl groups excluding tert-OH is 1. The molecular weight excluding hydrogens is 304 g/mol. The zero-order chi connectivity index (χ0) is 16.6. The van der Waals surface area contributed by atoms with Crippen LogP contribution in [0.25, 0.3) is 5.69 Å². The molecule has 24 heavy (non-hydrogen) atoms. The molecule has 2 aliphatic rings. The predicted molar refractivity (Wildman–Crippen MR) is 91.2 cm³/mol. The van der Waals surface area contributed by atoms with Gasteiger partial charge in [-0.1, -0.05) is 23.3 Å². The first-order valence-corrected chi connectivity index (χ1v) is 8.63. The molecule has 0 radical (unpaired) electrons. The van der Waals surface area contributed by atoms with Crippen LogP contribution in [0.5, 0.6) is 0 Å². The smallest absolute Gasteiger partial charge is 0.250 e. The molecule has 128 valence electrons. The lowest BCUT2D eigenvalue weighted by atomic mass is 9.69. The molecule has 7 heteroatoms. The Kier molecular flexibility index (Phi) is 3.97. The monoisotopic (exact) mass is 328 g/mol. The van der Waals surface area contributed by atoms with Gasteiger partial charge in [0.25, 0.3) is 0 Å². The minimum atomic E-state index is 0.0223. The molecule has 0 spiro atoms. The van der Waals surface area contributed by atoms with Gasteiger partial charge in [-0.25, -0.2) is 0 Å². The molecule has 1 aromatic heterocycles. The van der Waals surface area contributed by atoms with Gasteiger partial charge >= 0.3 is 0 Å². The van der Waals surface area contributed by atoms with Crippen molar-refractivity contribution in [3.63, 3.8) is 0 Å². The molecule has 1 N–H and O–H groups in total. The van der Waals surface area contributed by atoms with Crippen LogP contribution in [0.4, 0.5) is 5.95 Å². The Bertz CT molecular complexity index is 689. The summed E-state index contributed by atoms with van der Waals surface area (Å²) in [7, 11) is 2.16. The van der Waals surface area contributed by atoms with Gasteiger partial charge in [0.1, 0.15) is 0 Å². The number of rotatable bonds is 3. The van der Waals surface area contributed by atoms with Crippen LogP contribution in [0.15, 0.2) is 30.3 Å². The molecule has 0 amide bonds. The number of benzene rings is 1. The number of tetrazole rings is 1. The van der Waals surface area contributed by atoms with Crippen molar-refractivity contribution in [2.75, 3.05) is 38.2 Å². The molecule has 0 saturated carbocycles. The number of hydrogen-bond acceptors (Lipinski definition) is 6. The molecule has 2 atom stereocenters. The number of aromatic nitrogens is 4. The molecule has 0 bridgehead atoms. The molecule has 2 saturated heterocycles. The summed E-state index contributed by atoms with van der Waals surface area (Å²) in [6.07, 6.45) is 3.24. The maximum Gasteiger partial charge on any atom is 0.250 e. The van der Waals surface area contributed by atoms with Crippen molar-refractivity contribution in [1.29, 1.82) is 0 Å². The van der Waals surface area contributed by atoms with Gasteiger partial charge in [0.15, 0.2) is 0 Å². The summed E-state index contributed by atoms with van der Waals surface area (Å²) in [5, 5.41) is 22.4. The largest absolute Gasteiger partial charge is 0.396 e. The first-order chi connectivity index (χ1) is 11.7. The van der Waals surface area contributed by atoms with Gasteiger partial charge in [0, 0.05) is 24.5 Å². The van der Waals surface area contributed by atoms with Gasteiger partial charge in [-0.2, -0.15) is 4.68 Å². The van der Waals surface area contributed by atoms with Crippen LogP contribution in [-0.2, 0) is 0 Å². The third kappa shape index (κ3) is 2.48. The summed E-state index contributed by atoms with van der Waals surface area (Å²) in [6.45, 7) is 3.08. The van der Waals surface area contributed by atoms with E-state index < -0.39 is 0 Å². The first kappa shape index (κ1) is 15.5. The van der Waals surface area contributed by atoms with E-state index in [-0.39, 0.29) is 12.0 Å². The molecule has 7 nitrogen and oxygen atoms in total. The summed E-state index contributed by atoms with van der Waals surface area (Å²) in [5.74, 6) is 0.784. The van der Waals surface area contributed by atoms with Crippen molar-refractivity contribution >= 4 is 5.95 Å². The second-order valence-electron chi connectivity index (χ2n) is 7.04. The second kappa shape index (κ2) is 6.14. The summed E-state index contributed by atoms with van der Waals surface area (Å²) in [6, 6.07) is 10.3. The minimum absolute atomic E-state index is 0.0223. The van der Waals surface area contributed by atoms with Crippen molar-refractivity contribution in [1.82, 2.24) is 25.1 Å². The molecule has 2 aromatic rings. The number of para-hydroxylation sites is 1. The molecule has 4 rings (SSSR count). The Hall–Kier alpha value is -1.99. The first-order valence-electron chi connectivity index (χ1n) is 8.63. The molecular formula is C17H24N6O. The van der Waals surface area contributed by atoms with E-state index in [1.54, 1.807) is 4.68 Å². The average Bonchev–Trinajstić information content (AvgIpc) is 3.12. The highest BCUT2D eigenvalue weighted by Gasteiger charge is 2.47. The lowest BCUT2D eigenvalue weighted by molar-refractivity contribution is -0.0279. The molecule has 1 aromatic carbocycles. The Morgan fingerprint density at radius 1 is 1.21 bits per heavy atom. The normalized spacial score (nSPS) is 27.9. The lowest BCUT2D eigenvalue weighted by Gasteiger charge is -2.53. The number of likely N-dealkylation sites (N-methyl/N-ethyl adjacent to an activating group) is 1. The van der Waals surface area contributed by atoms with E-state index in [4.69, 9.17) is 0 Å². The summed E-state index contributed by atoms with van der Waals surface area (Å²) < 4.78 is 1.80. The highest BCUT2D eigenvalue weighted by atomic mass is 16.3. The van der Waals surface area contributed by atoms with Crippen LogP contribution in [0, 0.1) is 5.41 Å². The average molecular weight is 328 g/mol. The lowest BCUT2D eigenvalue weighted by Crippen LogP contribution is -2.62. The fraction of sp³-hybridized carbons (Fsp3) is 0.588. The number of likely N-dealkylation sites (tertiary alicyclic amines) is 1. The van der Waals surface area contributed by atoms with E-state index in [2.05, 4.69) is 32.4 Å². The SMILES string of the molecule is CN1CCC[C@]2(CO)CCN(c3nnnn3-c3ccccc3)C[C@@H]12. The van der Waals surface area contributed by atoms with Crippen LogP contribution in [-0.4, -0.2) is 69.5 Å². The number of fused-ring (bicyclic) bond motifs is 1. The fourth-order valence-electron chi connectivity index (χ4n) is 4.31. The summed E-state index contributed by atoms with van der Waals surface area (Å²) >= 11 is 0. The van der Waals surface area contributed by atoms with Crippen molar-refractivity contribution in [3.05, 3.63) is 30.3 Å². The van der Waals surface area contributed by atoms with E-state index in [9.17, 15) is 5.11 Å². The van der Waals surface area contributed by atoms with Crippen molar-refractivity contribution in [2.45, 2.75) is 25.3 Å².